The van der Waals surface area contributed by atoms with E-state index >= 15 is 0 Å². The average Bonchev–Trinajstić information content (AvgIpc) is 2.24. The molecule has 0 aromatic rings. The summed E-state index contributed by atoms with van der Waals surface area (Å²) in [6.07, 6.45) is 5.70. The fourth-order valence-corrected chi connectivity index (χ4v) is 3.17. The SMILES string of the molecule is CCCN(CCC)CC1CC(C)(C)CCC1O. The van der Waals surface area contributed by atoms with Gasteiger partial charge in [-0.05, 0) is 56.5 Å². The summed E-state index contributed by atoms with van der Waals surface area (Å²) in [6.45, 7) is 12.6. The van der Waals surface area contributed by atoms with E-state index in [1.807, 2.05) is 0 Å². The highest BCUT2D eigenvalue weighted by Gasteiger charge is 2.34. The van der Waals surface area contributed by atoms with Crippen LogP contribution in [0.25, 0.3) is 0 Å². The molecule has 0 saturated heterocycles. The van der Waals surface area contributed by atoms with E-state index in [4.69, 9.17) is 0 Å². The van der Waals surface area contributed by atoms with Crippen LogP contribution in [0.1, 0.15) is 59.8 Å². The Morgan fingerprint density at radius 1 is 1.18 bits per heavy atom. The Hall–Kier alpha value is -0.0800. The summed E-state index contributed by atoms with van der Waals surface area (Å²) >= 11 is 0. The second-order valence-electron chi connectivity index (χ2n) is 6.54. The number of nitrogens with zero attached hydrogens (tertiary/aromatic N) is 1. The van der Waals surface area contributed by atoms with Crippen LogP contribution in [0.5, 0.6) is 0 Å². The molecule has 0 radical (unpaired) electrons. The van der Waals surface area contributed by atoms with Gasteiger partial charge in [0.25, 0.3) is 0 Å². The molecule has 0 amide bonds. The molecule has 1 fully saturated rings. The molecule has 1 rings (SSSR count). The summed E-state index contributed by atoms with van der Waals surface area (Å²) in [5.74, 6) is 0.483. The van der Waals surface area contributed by atoms with Crippen LogP contribution < -0.4 is 0 Å². The molecule has 2 heteroatoms. The maximum absolute atomic E-state index is 10.2. The van der Waals surface area contributed by atoms with E-state index in [1.165, 1.54) is 38.8 Å². The van der Waals surface area contributed by atoms with Crippen molar-refractivity contribution in [2.75, 3.05) is 19.6 Å². The summed E-state index contributed by atoms with van der Waals surface area (Å²) in [6, 6.07) is 0. The predicted octanol–water partition coefficient (Wildman–Crippen LogP) is 3.30. The first-order valence-electron chi connectivity index (χ1n) is 7.39. The number of rotatable bonds is 6. The molecule has 2 nitrogen and oxygen atoms in total. The Morgan fingerprint density at radius 2 is 1.76 bits per heavy atom. The Labute approximate surface area is 107 Å². The van der Waals surface area contributed by atoms with Gasteiger partial charge in [0.1, 0.15) is 0 Å². The fourth-order valence-electron chi connectivity index (χ4n) is 3.17. The van der Waals surface area contributed by atoms with E-state index in [0.717, 1.165) is 13.0 Å². The minimum Gasteiger partial charge on any atom is -0.393 e. The molecular weight excluding hydrogens is 210 g/mol. The van der Waals surface area contributed by atoms with Gasteiger partial charge < -0.3 is 10.0 Å². The van der Waals surface area contributed by atoms with Gasteiger partial charge in [-0.25, -0.2) is 0 Å². The highest BCUT2D eigenvalue weighted by molar-refractivity contribution is 4.86. The zero-order valence-electron chi connectivity index (χ0n) is 12.2. The molecule has 102 valence electrons. The topological polar surface area (TPSA) is 23.5 Å². The lowest BCUT2D eigenvalue weighted by atomic mass is 9.70. The molecule has 1 aliphatic carbocycles. The van der Waals surface area contributed by atoms with Gasteiger partial charge >= 0.3 is 0 Å². The van der Waals surface area contributed by atoms with Gasteiger partial charge in [-0.3, -0.25) is 0 Å². The van der Waals surface area contributed by atoms with Gasteiger partial charge in [0, 0.05) is 6.54 Å². The van der Waals surface area contributed by atoms with Crippen molar-refractivity contribution in [3.63, 3.8) is 0 Å². The van der Waals surface area contributed by atoms with Crippen molar-refractivity contribution < 1.29 is 5.11 Å². The first-order chi connectivity index (χ1) is 7.98. The van der Waals surface area contributed by atoms with Crippen LogP contribution >= 0.6 is 0 Å². The van der Waals surface area contributed by atoms with E-state index in [1.54, 1.807) is 0 Å². The lowest BCUT2D eigenvalue weighted by molar-refractivity contribution is 0.00419. The first kappa shape index (κ1) is 15.0. The second kappa shape index (κ2) is 6.75. The van der Waals surface area contributed by atoms with Crippen molar-refractivity contribution in [2.45, 2.75) is 65.9 Å². The summed E-state index contributed by atoms with van der Waals surface area (Å²) < 4.78 is 0. The van der Waals surface area contributed by atoms with Crippen molar-refractivity contribution >= 4 is 0 Å². The van der Waals surface area contributed by atoms with Crippen molar-refractivity contribution in [2.24, 2.45) is 11.3 Å². The predicted molar refractivity (Wildman–Crippen MR) is 74.2 cm³/mol. The number of aliphatic hydroxyl groups is 1. The molecule has 0 aromatic carbocycles. The maximum atomic E-state index is 10.2. The summed E-state index contributed by atoms with van der Waals surface area (Å²) in [4.78, 5) is 2.54. The molecule has 1 N–H and O–H groups in total. The molecule has 2 unspecified atom stereocenters. The fraction of sp³-hybridized carbons (Fsp3) is 1.00. The van der Waals surface area contributed by atoms with Gasteiger partial charge in [0.2, 0.25) is 0 Å². The Bertz CT molecular complexity index is 209. The lowest BCUT2D eigenvalue weighted by Gasteiger charge is -2.40. The van der Waals surface area contributed by atoms with Crippen molar-refractivity contribution in [3.05, 3.63) is 0 Å². The molecule has 0 heterocycles. The first-order valence-corrected chi connectivity index (χ1v) is 7.39. The van der Waals surface area contributed by atoms with E-state index < -0.39 is 0 Å². The molecule has 2 atom stereocenters. The third-order valence-electron chi connectivity index (χ3n) is 4.05. The highest BCUT2D eigenvalue weighted by atomic mass is 16.3. The van der Waals surface area contributed by atoms with Crippen LogP contribution in [0.3, 0.4) is 0 Å². The zero-order valence-corrected chi connectivity index (χ0v) is 12.2. The van der Waals surface area contributed by atoms with E-state index in [-0.39, 0.29) is 6.10 Å². The normalized spacial score (nSPS) is 28.6. The molecule has 0 aliphatic heterocycles. The lowest BCUT2D eigenvalue weighted by Crippen LogP contribution is -2.41. The highest BCUT2D eigenvalue weighted by Crippen LogP contribution is 2.39. The Morgan fingerprint density at radius 3 is 2.29 bits per heavy atom. The molecular formula is C15H31NO. The Kier molecular flexibility index (Phi) is 5.94. The summed E-state index contributed by atoms with van der Waals surface area (Å²) in [7, 11) is 0. The smallest absolute Gasteiger partial charge is 0.0581 e. The maximum Gasteiger partial charge on any atom is 0.0581 e. The Balaban J connectivity index is 2.50. The minimum atomic E-state index is -0.0702. The van der Waals surface area contributed by atoms with Crippen LogP contribution in [-0.2, 0) is 0 Å². The van der Waals surface area contributed by atoms with Crippen LogP contribution in [0, 0.1) is 11.3 Å². The largest absolute Gasteiger partial charge is 0.393 e. The second-order valence-corrected chi connectivity index (χ2v) is 6.54. The van der Waals surface area contributed by atoms with Crippen LogP contribution in [-0.4, -0.2) is 35.7 Å². The van der Waals surface area contributed by atoms with Gasteiger partial charge in [-0.15, -0.1) is 0 Å². The van der Waals surface area contributed by atoms with Gasteiger partial charge in [0.15, 0.2) is 0 Å². The van der Waals surface area contributed by atoms with Crippen molar-refractivity contribution in [1.82, 2.24) is 4.90 Å². The molecule has 0 bridgehead atoms. The van der Waals surface area contributed by atoms with Gasteiger partial charge in [0.05, 0.1) is 6.10 Å². The van der Waals surface area contributed by atoms with Crippen LogP contribution in [0.15, 0.2) is 0 Å². The summed E-state index contributed by atoms with van der Waals surface area (Å²) in [5, 5.41) is 10.2. The number of hydrogen-bond acceptors (Lipinski definition) is 2. The molecule has 1 aliphatic rings. The van der Waals surface area contributed by atoms with Crippen LogP contribution in [0.2, 0.25) is 0 Å². The third-order valence-corrected chi connectivity index (χ3v) is 4.05. The van der Waals surface area contributed by atoms with Gasteiger partial charge in [-0.1, -0.05) is 27.7 Å². The summed E-state index contributed by atoms with van der Waals surface area (Å²) in [5.41, 5.74) is 0.425. The van der Waals surface area contributed by atoms with Gasteiger partial charge in [-0.2, -0.15) is 0 Å². The van der Waals surface area contributed by atoms with Crippen LogP contribution in [0.4, 0.5) is 0 Å². The zero-order chi connectivity index (χ0) is 12.9. The standard InChI is InChI=1S/C15H31NO/c1-5-9-16(10-6-2)12-13-11-15(3,4)8-7-14(13)17/h13-14,17H,5-12H2,1-4H3. The minimum absolute atomic E-state index is 0.0702. The number of aliphatic hydroxyl groups excluding tert-OH is 1. The molecule has 1 saturated carbocycles. The van der Waals surface area contributed by atoms with E-state index in [0.29, 0.717) is 11.3 Å². The number of hydrogen-bond donors (Lipinski definition) is 1. The molecule has 0 aromatic heterocycles. The molecule has 0 spiro atoms. The van der Waals surface area contributed by atoms with Crippen molar-refractivity contribution in [3.8, 4) is 0 Å². The quantitative estimate of drug-likeness (QED) is 0.771. The van der Waals surface area contributed by atoms with E-state index in [9.17, 15) is 5.11 Å². The average molecular weight is 241 g/mol. The van der Waals surface area contributed by atoms with E-state index in [2.05, 4.69) is 32.6 Å². The van der Waals surface area contributed by atoms with Crippen molar-refractivity contribution in [1.29, 1.82) is 0 Å². The molecule has 17 heavy (non-hydrogen) atoms. The third kappa shape index (κ3) is 4.97. The monoisotopic (exact) mass is 241 g/mol.